The topological polar surface area (TPSA) is 44.3 Å². The fourth-order valence-electron chi connectivity index (χ4n) is 3.97. The van der Waals surface area contributed by atoms with Gasteiger partial charge in [-0.3, -0.25) is 0 Å². The number of nitrogens with one attached hydrogen (secondary N) is 1. The van der Waals surface area contributed by atoms with Crippen molar-refractivity contribution in [1.29, 1.82) is 0 Å². The van der Waals surface area contributed by atoms with E-state index in [1.165, 1.54) is 5.56 Å². The molecular weight excluding hydrogens is 441 g/mol. The van der Waals surface area contributed by atoms with Crippen molar-refractivity contribution in [3.8, 4) is 0 Å². The van der Waals surface area contributed by atoms with Crippen molar-refractivity contribution >= 4 is 51.6 Å². The van der Waals surface area contributed by atoms with Crippen LogP contribution in [0.5, 0.6) is 0 Å². The van der Waals surface area contributed by atoms with Crippen LogP contribution in [-0.4, -0.2) is 36.1 Å². The first-order chi connectivity index (χ1) is 15.7. The molecule has 0 unspecified atom stereocenters. The van der Waals surface area contributed by atoms with Crippen molar-refractivity contribution in [3.05, 3.63) is 88.4 Å². The third-order valence-corrected chi connectivity index (χ3v) is 6.46. The van der Waals surface area contributed by atoms with E-state index in [1.54, 1.807) is 0 Å². The van der Waals surface area contributed by atoms with Crippen LogP contribution in [0.15, 0.2) is 72.8 Å². The van der Waals surface area contributed by atoms with Gasteiger partial charge < -0.3 is 15.1 Å². The normalized spacial score (nSPS) is 14.1. The number of hydrogen-bond donors (Lipinski definition) is 1. The number of rotatable bonds is 5. The van der Waals surface area contributed by atoms with Gasteiger partial charge in [0, 0.05) is 43.8 Å². The van der Waals surface area contributed by atoms with Gasteiger partial charge in [0.2, 0.25) is 5.95 Å². The van der Waals surface area contributed by atoms with Crippen LogP contribution in [0.2, 0.25) is 10.0 Å². The maximum atomic E-state index is 6.21. The molecular formula is C25H23Cl2N5. The largest absolute Gasteiger partial charge is 0.368 e. The Morgan fingerprint density at radius 3 is 2.25 bits per heavy atom. The highest BCUT2D eigenvalue weighted by Crippen LogP contribution is 2.29. The molecule has 32 heavy (non-hydrogen) atoms. The predicted molar refractivity (Wildman–Crippen MR) is 134 cm³/mol. The van der Waals surface area contributed by atoms with Crippen molar-refractivity contribution in [2.75, 3.05) is 41.3 Å². The zero-order chi connectivity index (χ0) is 21.9. The first kappa shape index (κ1) is 20.9. The molecule has 3 aromatic carbocycles. The minimum atomic E-state index is 0.578. The second-order valence-corrected chi connectivity index (χ2v) is 8.62. The van der Waals surface area contributed by atoms with Crippen molar-refractivity contribution in [3.63, 3.8) is 0 Å². The summed E-state index contributed by atoms with van der Waals surface area (Å²) < 4.78 is 0. The number of piperazine rings is 1. The molecule has 1 saturated heterocycles. The van der Waals surface area contributed by atoms with Crippen molar-refractivity contribution in [2.45, 2.75) is 6.54 Å². The van der Waals surface area contributed by atoms with E-state index in [-0.39, 0.29) is 0 Å². The maximum absolute atomic E-state index is 6.21. The Kier molecular flexibility index (Phi) is 6.02. The molecule has 0 radical (unpaired) electrons. The van der Waals surface area contributed by atoms with Crippen LogP contribution in [0.1, 0.15) is 5.56 Å². The summed E-state index contributed by atoms with van der Waals surface area (Å²) in [6, 6.07) is 24.3. The van der Waals surface area contributed by atoms with Crippen molar-refractivity contribution in [1.82, 2.24) is 9.97 Å². The van der Waals surface area contributed by atoms with Gasteiger partial charge in [-0.05, 0) is 35.9 Å². The lowest BCUT2D eigenvalue weighted by Gasteiger charge is -2.36. The summed E-state index contributed by atoms with van der Waals surface area (Å²) in [4.78, 5) is 14.3. The molecule has 1 aromatic heterocycles. The van der Waals surface area contributed by atoms with Gasteiger partial charge in [0.25, 0.3) is 0 Å². The Balaban J connectivity index is 1.35. The molecule has 5 nitrogen and oxygen atoms in total. The number of halogens is 2. The van der Waals surface area contributed by atoms with Crippen molar-refractivity contribution < 1.29 is 0 Å². The highest BCUT2D eigenvalue weighted by Gasteiger charge is 2.21. The Bertz CT molecular complexity index is 1220. The molecule has 0 aliphatic carbocycles. The van der Waals surface area contributed by atoms with Gasteiger partial charge in [0.15, 0.2) is 0 Å². The second-order valence-electron chi connectivity index (χ2n) is 7.80. The fraction of sp³-hybridized carbons (Fsp3) is 0.200. The van der Waals surface area contributed by atoms with E-state index in [2.05, 4.69) is 33.3 Å². The monoisotopic (exact) mass is 463 g/mol. The second kappa shape index (κ2) is 9.23. The highest BCUT2D eigenvalue weighted by molar-refractivity contribution is 6.42. The van der Waals surface area contributed by atoms with Gasteiger partial charge in [-0.15, -0.1) is 0 Å². The van der Waals surface area contributed by atoms with Crippen LogP contribution >= 0.6 is 23.2 Å². The minimum Gasteiger partial charge on any atom is -0.368 e. The molecule has 1 aliphatic heterocycles. The lowest BCUT2D eigenvalue weighted by Crippen LogP contribution is -2.47. The van der Waals surface area contributed by atoms with Gasteiger partial charge in [-0.2, -0.15) is 4.98 Å². The maximum Gasteiger partial charge on any atom is 0.228 e. The number of fused-ring (bicyclic) bond motifs is 1. The van der Waals surface area contributed by atoms with Crippen LogP contribution in [0.3, 0.4) is 0 Å². The van der Waals surface area contributed by atoms with Gasteiger partial charge >= 0.3 is 0 Å². The average molecular weight is 464 g/mol. The Morgan fingerprint density at radius 2 is 1.47 bits per heavy atom. The molecule has 0 spiro atoms. The Labute approximate surface area is 197 Å². The Hall–Kier alpha value is -3.02. The molecule has 1 N–H and O–H groups in total. The molecule has 0 saturated carbocycles. The molecule has 1 aliphatic rings. The smallest absolute Gasteiger partial charge is 0.228 e. The number of para-hydroxylation sites is 1. The summed E-state index contributed by atoms with van der Waals surface area (Å²) >= 11 is 12.3. The fourth-order valence-corrected chi connectivity index (χ4v) is 4.26. The first-order valence-corrected chi connectivity index (χ1v) is 11.4. The van der Waals surface area contributed by atoms with E-state index in [9.17, 15) is 0 Å². The summed E-state index contributed by atoms with van der Waals surface area (Å²) in [7, 11) is 0. The van der Waals surface area contributed by atoms with E-state index in [4.69, 9.17) is 33.2 Å². The summed E-state index contributed by atoms with van der Waals surface area (Å²) in [6.07, 6.45) is 0. The summed E-state index contributed by atoms with van der Waals surface area (Å²) in [6.45, 7) is 4.10. The Morgan fingerprint density at radius 1 is 0.750 bits per heavy atom. The average Bonchev–Trinajstić information content (AvgIpc) is 2.85. The van der Waals surface area contributed by atoms with Crippen LogP contribution in [-0.2, 0) is 6.54 Å². The third kappa shape index (κ3) is 4.45. The number of aromatic nitrogens is 2. The zero-order valence-corrected chi connectivity index (χ0v) is 19.0. The SMILES string of the molecule is Clc1ccc(N2CCN(c3nc(NCc4ccccc4)c4ccccc4n3)CC2)cc1Cl. The van der Waals surface area contributed by atoms with Crippen LogP contribution in [0, 0.1) is 0 Å². The molecule has 4 aromatic rings. The van der Waals surface area contributed by atoms with Crippen LogP contribution in [0.25, 0.3) is 10.9 Å². The van der Waals surface area contributed by atoms with Gasteiger partial charge in [-0.1, -0.05) is 65.7 Å². The van der Waals surface area contributed by atoms with Gasteiger partial charge in [0.05, 0.1) is 15.6 Å². The van der Waals surface area contributed by atoms with Crippen LogP contribution in [0.4, 0.5) is 17.5 Å². The molecule has 0 amide bonds. The molecule has 0 atom stereocenters. The predicted octanol–water partition coefficient (Wildman–Crippen LogP) is 5.88. The summed E-state index contributed by atoms with van der Waals surface area (Å²) in [5.74, 6) is 1.62. The van der Waals surface area contributed by atoms with E-state index in [1.807, 2.05) is 54.6 Å². The molecule has 0 bridgehead atoms. The van der Waals surface area contributed by atoms with Crippen LogP contribution < -0.4 is 15.1 Å². The standard InChI is InChI=1S/C25H23Cl2N5/c26-21-11-10-19(16-22(21)27)31-12-14-32(15-13-31)25-29-23-9-5-4-8-20(23)24(30-25)28-17-18-6-2-1-3-7-18/h1-11,16H,12-15,17H2,(H,28,29,30). The zero-order valence-electron chi connectivity index (χ0n) is 17.5. The van der Waals surface area contributed by atoms with E-state index in [0.29, 0.717) is 16.6 Å². The number of anilines is 3. The number of benzene rings is 3. The van der Waals surface area contributed by atoms with E-state index >= 15 is 0 Å². The number of nitrogens with zero attached hydrogens (tertiary/aromatic N) is 4. The lowest BCUT2D eigenvalue weighted by molar-refractivity contribution is 0.641. The molecule has 5 rings (SSSR count). The van der Waals surface area contributed by atoms with Gasteiger partial charge in [0.1, 0.15) is 5.82 Å². The number of hydrogen-bond acceptors (Lipinski definition) is 5. The first-order valence-electron chi connectivity index (χ1n) is 10.7. The summed E-state index contributed by atoms with van der Waals surface area (Å²) in [5.41, 5.74) is 3.25. The lowest BCUT2D eigenvalue weighted by atomic mass is 10.2. The highest BCUT2D eigenvalue weighted by atomic mass is 35.5. The molecule has 2 heterocycles. The van der Waals surface area contributed by atoms with E-state index in [0.717, 1.165) is 54.5 Å². The van der Waals surface area contributed by atoms with Gasteiger partial charge in [-0.25, -0.2) is 4.98 Å². The molecule has 162 valence electrons. The summed E-state index contributed by atoms with van der Waals surface area (Å²) in [5, 5.41) is 5.70. The quantitative estimate of drug-likeness (QED) is 0.400. The third-order valence-electron chi connectivity index (χ3n) is 5.73. The van der Waals surface area contributed by atoms with E-state index < -0.39 is 0 Å². The molecule has 1 fully saturated rings. The minimum absolute atomic E-state index is 0.578. The van der Waals surface area contributed by atoms with Crippen molar-refractivity contribution in [2.24, 2.45) is 0 Å². The molecule has 7 heteroatoms.